The van der Waals surface area contributed by atoms with Gasteiger partial charge in [0, 0.05) is 17.7 Å². The molecule has 0 aliphatic carbocycles. The lowest BCUT2D eigenvalue weighted by Crippen LogP contribution is -2.13. The molecule has 0 saturated carbocycles. The Morgan fingerprint density at radius 3 is 2.15 bits per heavy atom. The molecule has 0 radical (unpaired) electrons. The van der Waals surface area contributed by atoms with E-state index in [1.54, 1.807) is 45.4 Å². The zero-order valence-electron chi connectivity index (χ0n) is 15.9. The molecule has 0 saturated heterocycles. The molecule has 0 aromatic heterocycles. The number of carbonyl (C=O) groups is 2. The summed E-state index contributed by atoms with van der Waals surface area (Å²) in [5, 5.41) is 2.86. The molecule has 27 heavy (non-hydrogen) atoms. The van der Waals surface area contributed by atoms with Crippen molar-refractivity contribution in [1.29, 1.82) is 0 Å². The summed E-state index contributed by atoms with van der Waals surface area (Å²) in [6.45, 7) is 2.14. The molecule has 144 valence electrons. The van der Waals surface area contributed by atoms with Gasteiger partial charge in [0.25, 0.3) is 0 Å². The van der Waals surface area contributed by atoms with Crippen LogP contribution in [0.15, 0.2) is 42.5 Å². The molecule has 0 spiro atoms. The largest absolute Gasteiger partial charge is 0.496 e. The van der Waals surface area contributed by atoms with Crippen molar-refractivity contribution in [2.75, 3.05) is 26.1 Å². The Labute approximate surface area is 159 Å². The predicted octanol–water partition coefficient (Wildman–Crippen LogP) is 3.38. The van der Waals surface area contributed by atoms with Gasteiger partial charge in [0.2, 0.25) is 5.91 Å². The number of rotatable bonds is 9. The number of hydrogen-bond donors (Lipinski definition) is 1. The average Bonchev–Trinajstić information content (AvgIpc) is 2.67. The molecule has 1 amide bonds. The van der Waals surface area contributed by atoms with Crippen LogP contribution in [0, 0.1) is 0 Å². The minimum absolute atomic E-state index is 0.110. The Balaban J connectivity index is 1.92. The first-order valence-electron chi connectivity index (χ1n) is 8.81. The quantitative estimate of drug-likeness (QED) is 0.684. The smallest absolute Gasteiger partial charge is 0.310 e. The molecule has 0 aliphatic rings. The summed E-state index contributed by atoms with van der Waals surface area (Å²) in [7, 11) is 3.19. The van der Waals surface area contributed by atoms with Crippen molar-refractivity contribution in [2.24, 2.45) is 0 Å². The van der Waals surface area contributed by atoms with E-state index in [-0.39, 0.29) is 18.3 Å². The first kappa shape index (κ1) is 20.3. The van der Waals surface area contributed by atoms with E-state index in [2.05, 4.69) is 5.32 Å². The number of nitrogens with one attached hydrogen (secondary N) is 1. The molecular formula is C21H25NO5. The summed E-state index contributed by atoms with van der Waals surface area (Å²) in [6.07, 6.45) is 1.01. The van der Waals surface area contributed by atoms with Crippen LogP contribution in [-0.2, 0) is 27.2 Å². The monoisotopic (exact) mass is 371 g/mol. The summed E-state index contributed by atoms with van der Waals surface area (Å²) in [5.41, 5.74) is 2.38. The standard InChI is InChI=1S/C21H25NO5/c1-4-27-21(24)14-15-8-10-16(11-9-15)22-20(23)13-12-17-18(25-2)6-5-7-19(17)26-3/h5-11H,4,12-14H2,1-3H3,(H,22,23). The zero-order valence-corrected chi connectivity index (χ0v) is 15.9. The highest BCUT2D eigenvalue weighted by Gasteiger charge is 2.12. The third kappa shape index (κ3) is 6.02. The third-order valence-corrected chi connectivity index (χ3v) is 4.02. The van der Waals surface area contributed by atoms with E-state index in [0.29, 0.717) is 36.6 Å². The normalized spacial score (nSPS) is 10.2. The molecule has 0 aliphatic heterocycles. The second-order valence-corrected chi connectivity index (χ2v) is 5.87. The van der Waals surface area contributed by atoms with E-state index >= 15 is 0 Å². The summed E-state index contributed by atoms with van der Waals surface area (Å²) in [4.78, 5) is 23.8. The van der Waals surface area contributed by atoms with Crippen LogP contribution in [0.4, 0.5) is 5.69 Å². The molecule has 6 nitrogen and oxygen atoms in total. The van der Waals surface area contributed by atoms with Gasteiger partial charge in [-0.3, -0.25) is 9.59 Å². The van der Waals surface area contributed by atoms with Crippen molar-refractivity contribution in [2.45, 2.75) is 26.2 Å². The molecule has 2 rings (SSSR count). The lowest BCUT2D eigenvalue weighted by Gasteiger charge is -2.13. The maximum atomic E-state index is 12.3. The minimum Gasteiger partial charge on any atom is -0.496 e. The molecule has 0 fully saturated rings. The fourth-order valence-electron chi connectivity index (χ4n) is 2.72. The maximum absolute atomic E-state index is 12.3. The molecule has 6 heteroatoms. The lowest BCUT2D eigenvalue weighted by molar-refractivity contribution is -0.142. The van der Waals surface area contributed by atoms with Crippen molar-refractivity contribution in [3.8, 4) is 11.5 Å². The Bertz CT molecular complexity index is 748. The Morgan fingerprint density at radius 2 is 1.59 bits per heavy atom. The van der Waals surface area contributed by atoms with Crippen LogP contribution in [-0.4, -0.2) is 32.7 Å². The van der Waals surface area contributed by atoms with Gasteiger partial charge in [-0.25, -0.2) is 0 Å². The van der Waals surface area contributed by atoms with Gasteiger partial charge in [0.15, 0.2) is 0 Å². The lowest BCUT2D eigenvalue weighted by atomic mass is 10.1. The van der Waals surface area contributed by atoms with Gasteiger partial charge < -0.3 is 19.5 Å². The fourth-order valence-corrected chi connectivity index (χ4v) is 2.72. The first-order chi connectivity index (χ1) is 13.1. The third-order valence-electron chi connectivity index (χ3n) is 4.02. The number of esters is 1. The van der Waals surface area contributed by atoms with E-state index in [1.165, 1.54) is 0 Å². The second kappa shape index (κ2) is 10.2. The molecule has 1 N–H and O–H groups in total. The van der Waals surface area contributed by atoms with Crippen LogP contribution < -0.4 is 14.8 Å². The Morgan fingerprint density at radius 1 is 0.963 bits per heavy atom. The predicted molar refractivity (Wildman–Crippen MR) is 103 cm³/mol. The maximum Gasteiger partial charge on any atom is 0.310 e. The fraction of sp³-hybridized carbons (Fsp3) is 0.333. The van der Waals surface area contributed by atoms with Crippen LogP contribution in [0.1, 0.15) is 24.5 Å². The van der Waals surface area contributed by atoms with Crippen LogP contribution in [0.2, 0.25) is 0 Å². The van der Waals surface area contributed by atoms with Crippen molar-refractivity contribution in [3.63, 3.8) is 0 Å². The van der Waals surface area contributed by atoms with Gasteiger partial charge in [-0.15, -0.1) is 0 Å². The number of amides is 1. The number of methoxy groups -OCH3 is 2. The topological polar surface area (TPSA) is 73.9 Å². The zero-order chi connectivity index (χ0) is 19.6. The van der Waals surface area contributed by atoms with Gasteiger partial charge in [-0.05, 0) is 43.2 Å². The molecule has 0 heterocycles. The van der Waals surface area contributed by atoms with Crippen molar-refractivity contribution in [3.05, 3.63) is 53.6 Å². The Kier molecular flexibility index (Phi) is 7.67. The highest BCUT2D eigenvalue weighted by Crippen LogP contribution is 2.29. The first-order valence-corrected chi connectivity index (χ1v) is 8.81. The van der Waals surface area contributed by atoms with Gasteiger partial charge in [0.05, 0.1) is 27.2 Å². The number of hydrogen-bond acceptors (Lipinski definition) is 5. The van der Waals surface area contributed by atoms with Gasteiger partial charge in [0.1, 0.15) is 11.5 Å². The summed E-state index contributed by atoms with van der Waals surface area (Å²) in [6, 6.07) is 12.7. The van der Waals surface area contributed by atoms with E-state index in [9.17, 15) is 9.59 Å². The van der Waals surface area contributed by atoms with Gasteiger partial charge in [-0.2, -0.15) is 0 Å². The van der Waals surface area contributed by atoms with E-state index in [4.69, 9.17) is 14.2 Å². The molecule has 0 unspecified atom stereocenters. The molecule has 0 bridgehead atoms. The second-order valence-electron chi connectivity index (χ2n) is 5.87. The van der Waals surface area contributed by atoms with Crippen LogP contribution in [0.3, 0.4) is 0 Å². The van der Waals surface area contributed by atoms with Crippen LogP contribution >= 0.6 is 0 Å². The summed E-state index contributed by atoms with van der Waals surface area (Å²) >= 11 is 0. The van der Waals surface area contributed by atoms with E-state index in [1.807, 2.05) is 18.2 Å². The minimum atomic E-state index is -0.264. The van der Waals surface area contributed by atoms with Crippen molar-refractivity contribution in [1.82, 2.24) is 0 Å². The van der Waals surface area contributed by atoms with Crippen molar-refractivity contribution < 1.29 is 23.8 Å². The van der Waals surface area contributed by atoms with Crippen LogP contribution in [0.5, 0.6) is 11.5 Å². The van der Waals surface area contributed by atoms with E-state index in [0.717, 1.165) is 11.1 Å². The summed E-state index contributed by atoms with van der Waals surface area (Å²) in [5.74, 6) is 1.03. The van der Waals surface area contributed by atoms with Gasteiger partial charge >= 0.3 is 5.97 Å². The highest BCUT2D eigenvalue weighted by atomic mass is 16.5. The van der Waals surface area contributed by atoms with Crippen molar-refractivity contribution >= 4 is 17.6 Å². The number of benzene rings is 2. The van der Waals surface area contributed by atoms with Crippen LogP contribution in [0.25, 0.3) is 0 Å². The van der Waals surface area contributed by atoms with E-state index < -0.39 is 0 Å². The molecular weight excluding hydrogens is 346 g/mol. The molecule has 2 aromatic rings. The average molecular weight is 371 g/mol. The van der Waals surface area contributed by atoms with Gasteiger partial charge in [-0.1, -0.05) is 18.2 Å². The number of carbonyl (C=O) groups excluding carboxylic acids is 2. The number of anilines is 1. The SMILES string of the molecule is CCOC(=O)Cc1ccc(NC(=O)CCc2c(OC)cccc2OC)cc1. The molecule has 2 aromatic carbocycles. The molecule has 0 atom stereocenters. The highest BCUT2D eigenvalue weighted by molar-refractivity contribution is 5.91. The number of ether oxygens (including phenoxy) is 3. The Hall–Kier alpha value is -3.02. The summed E-state index contributed by atoms with van der Waals surface area (Å²) < 4.78 is 15.6.